The predicted molar refractivity (Wildman–Crippen MR) is 95.4 cm³/mol. The molecule has 2 aromatic rings. The summed E-state index contributed by atoms with van der Waals surface area (Å²) in [6, 6.07) is 14.2. The van der Waals surface area contributed by atoms with Crippen LogP contribution in [-0.2, 0) is 10.5 Å². The fourth-order valence-electron chi connectivity index (χ4n) is 2.82. The Bertz CT molecular complexity index is 709. The van der Waals surface area contributed by atoms with Gasteiger partial charge in [-0.15, -0.1) is 11.8 Å². The molecule has 1 aliphatic rings. The second kappa shape index (κ2) is 7.33. The maximum absolute atomic E-state index is 12.8. The average molecular weight is 326 g/mol. The zero-order chi connectivity index (χ0) is 16.2. The van der Waals surface area contributed by atoms with Crippen molar-refractivity contribution in [3.63, 3.8) is 0 Å². The van der Waals surface area contributed by atoms with Gasteiger partial charge in [-0.1, -0.05) is 44.2 Å². The van der Waals surface area contributed by atoms with Crippen molar-refractivity contribution in [3.8, 4) is 0 Å². The van der Waals surface area contributed by atoms with Crippen molar-refractivity contribution in [3.05, 3.63) is 64.7 Å². The van der Waals surface area contributed by atoms with Gasteiger partial charge in [0, 0.05) is 34.3 Å². The minimum absolute atomic E-state index is 0.141. The van der Waals surface area contributed by atoms with Crippen LogP contribution in [0.15, 0.2) is 47.4 Å². The number of thioether (sulfide) groups is 1. The molecular formula is C20H22O2S. The lowest BCUT2D eigenvalue weighted by Gasteiger charge is -2.14. The van der Waals surface area contributed by atoms with Crippen LogP contribution in [0.1, 0.15) is 53.2 Å². The lowest BCUT2D eigenvalue weighted by atomic mass is 9.96. The Labute approximate surface area is 142 Å². The first-order chi connectivity index (χ1) is 11.2. The molecule has 0 amide bonds. The quantitative estimate of drug-likeness (QED) is 0.719. The second-order valence-corrected chi connectivity index (χ2v) is 7.02. The molecule has 23 heavy (non-hydrogen) atoms. The molecule has 0 saturated carbocycles. The first-order valence-corrected chi connectivity index (χ1v) is 9.16. The first kappa shape index (κ1) is 16.3. The third kappa shape index (κ3) is 3.51. The molecule has 2 nitrogen and oxygen atoms in total. The Morgan fingerprint density at radius 2 is 2.00 bits per heavy atom. The van der Waals surface area contributed by atoms with Gasteiger partial charge in [-0.25, -0.2) is 0 Å². The van der Waals surface area contributed by atoms with Gasteiger partial charge in [-0.2, -0.15) is 0 Å². The first-order valence-electron chi connectivity index (χ1n) is 8.17. The van der Waals surface area contributed by atoms with E-state index in [0.29, 0.717) is 5.92 Å². The van der Waals surface area contributed by atoms with Crippen LogP contribution in [-0.4, -0.2) is 19.0 Å². The molecule has 0 aliphatic carbocycles. The minimum atomic E-state index is 0.141. The molecule has 1 heterocycles. The van der Waals surface area contributed by atoms with Crippen LogP contribution in [0.5, 0.6) is 0 Å². The van der Waals surface area contributed by atoms with Crippen LogP contribution in [0, 0.1) is 0 Å². The number of hydrogen-bond acceptors (Lipinski definition) is 3. The summed E-state index contributed by atoms with van der Waals surface area (Å²) in [6.07, 6.45) is 1.04. The summed E-state index contributed by atoms with van der Waals surface area (Å²) in [4.78, 5) is 13.9. The van der Waals surface area contributed by atoms with Gasteiger partial charge in [-0.3, -0.25) is 4.79 Å². The van der Waals surface area contributed by atoms with Crippen LogP contribution < -0.4 is 0 Å². The lowest BCUT2D eigenvalue weighted by molar-refractivity contribution is 0.103. The molecule has 0 bridgehead atoms. The number of ether oxygens (including phenoxy) is 1. The van der Waals surface area contributed by atoms with Gasteiger partial charge in [0.1, 0.15) is 0 Å². The summed E-state index contributed by atoms with van der Waals surface area (Å²) in [6.45, 7) is 5.82. The van der Waals surface area contributed by atoms with E-state index < -0.39 is 0 Å². The van der Waals surface area contributed by atoms with Crippen molar-refractivity contribution < 1.29 is 9.53 Å². The third-order valence-electron chi connectivity index (χ3n) is 4.18. The van der Waals surface area contributed by atoms with Crippen molar-refractivity contribution in [2.24, 2.45) is 0 Å². The van der Waals surface area contributed by atoms with E-state index >= 15 is 0 Å². The topological polar surface area (TPSA) is 26.3 Å². The molecule has 1 unspecified atom stereocenters. The van der Waals surface area contributed by atoms with Gasteiger partial charge in [-0.05, 0) is 29.7 Å². The van der Waals surface area contributed by atoms with Crippen LogP contribution >= 0.6 is 11.8 Å². The van der Waals surface area contributed by atoms with E-state index in [9.17, 15) is 4.79 Å². The average Bonchev–Trinajstić information content (AvgIpc) is 2.72. The highest BCUT2D eigenvalue weighted by Crippen LogP contribution is 2.35. The molecule has 0 spiro atoms. The number of carbonyl (C=O) groups excluding carboxylic acids is 1. The normalized spacial score (nSPS) is 14.8. The summed E-state index contributed by atoms with van der Waals surface area (Å²) in [5, 5.41) is 0. The van der Waals surface area contributed by atoms with E-state index in [1.165, 1.54) is 5.56 Å². The molecular weight excluding hydrogens is 304 g/mol. The molecule has 0 saturated heterocycles. The Balaban J connectivity index is 1.86. The van der Waals surface area contributed by atoms with Gasteiger partial charge >= 0.3 is 0 Å². The van der Waals surface area contributed by atoms with Gasteiger partial charge in [0.25, 0.3) is 0 Å². The molecule has 3 heteroatoms. The predicted octanol–water partition coefficient (Wildman–Crippen LogP) is 5.05. The minimum Gasteiger partial charge on any atom is -0.381 e. The van der Waals surface area contributed by atoms with E-state index in [0.717, 1.165) is 47.0 Å². The van der Waals surface area contributed by atoms with Gasteiger partial charge in [0.05, 0.1) is 6.61 Å². The maximum atomic E-state index is 12.8. The van der Waals surface area contributed by atoms with Crippen molar-refractivity contribution in [2.45, 2.75) is 36.8 Å². The molecule has 2 aromatic carbocycles. The van der Waals surface area contributed by atoms with E-state index in [1.54, 1.807) is 11.8 Å². The van der Waals surface area contributed by atoms with Crippen LogP contribution in [0.2, 0.25) is 0 Å². The summed E-state index contributed by atoms with van der Waals surface area (Å²) >= 11 is 1.75. The van der Waals surface area contributed by atoms with Gasteiger partial charge in [0.2, 0.25) is 0 Å². The van der Waals surface area contributed by atoms with E-state index in [4.69, 9.17) is 4.74 Å². The third-order valence-corrected chi connectivity index (χ3v) is 5.28. The smallest absolute Gasteiger partial charge is 0.194 e. The Morgan fingerprint density at radius 3 is 2.83 bits per heavy atom. The fraction of sp³-hybridized carbons (Fsp3) is 0.350. The summed E-state index contributed by atoms with van der Waals surface area (Å²) < 4.78 is 5.67. The molecule has 0 N–H and O–H groups in total. The highest BCUT2D eigenvalue weighted by atomic mass is 32.2. The molecule has 120 valence electrons. The molecule has 0 aromatic heterocycles. The molecule has 1 aliphatic heterocycles. The van der Waals surface area contributed by atoms with Crippen LogP contribution in [0.3, 0.4) is 0 Å². The Morgan fingerprint density at radius 1 is 1.17 bits per heavy atom. The second-order valence-electron chi connectivity index (χ2n) is 6.01. The van der Waals surface area contributed by atoms with Crippen LogP contribution in [0.25, 0.3) is 0 Å². The Hall–Kier alpha value is -1.58. The molecule has 0 radical (unpaired) electrons. The number of ketones is 1. The van der Waals surface area contributed by atoms with Crippen molar-refractivity contribution in [1.29, 1.82) is 0 Å². The summed E-state index contributed by atoms with van der Waals surface area (Å²) in [7, 11) is 0. The number of fused-ring (bicyclic) bond motifs is 2. The largest absolute Gasteiger partial charge is 0.381 e. The van der Waals surface area contributed by atoms with Gasteiger partial charge < -0.3 is 4.74 Å². The summed E-state index contributed by atoms with van der Waals surface area (Å²) in [5.41, 5.74) is 4.03. The number of carbonyl (C=O) groups is 1. The molecule has 0 fully saturated rings. The number of hydrogen-bond donors (Lipinski definition) is 0. The van der Waals surface area contributed by atoms with Crippen molar-refractivity contribution in [2.75, 3.05) is 13.2 Å². The zero-order valence-corrected chi connectivity index (χ0v) is 14.5. The van der Waals surface area contributed by atoms with Crippen LogP contribution in [0.4, 0.5) is 0 Å². The zero-order valence-electron chi connectivity index (χ0n) is 13.7. The molecule has 1 atom stereocenters. The van der Waals surface area contributed by atoms with E-state index in [2.05, 4.69) is 26.0 Å². The highest BCUT2D eigenvalue weighted by molar-refractivity contribution is 7.98. The maximum Gasteiger partial charge on any atom is 0.194 e. The SMILES string of the molecule is CCCOCC(C)c1ccc2c(c1)SCc1ccccc1C2=O. The number of benzene rings is 2. The molecule has 3 rings (SSSR count). The summed E-state index contributed by atoms with van der Waals surface area (Å²) in [5.74, 6) is 1.33. The Kier molecular flexibility index (Phi) is 5.19. The van der Waals surface area contributed by atoms with Crippen molar-refractivity contribution >= 4 is 17.5 Å². The monoisotopic (exact) mass is 326 g/mol. The number of rotatable bonds is 5. The fourth-order valence-corrected chi connectivity index (χ4v) is 3.92. The van der Waals surface area contributed by atoms with E-state index in [-0.39, 0.29) is 5.78 Å². The van der Waals surface area contributed by atoms with Gasteiger partial charge in [0.15, 0.2) is 5.78 Å². The van der Waals surface area contributed by atoms with Crippen molar-refractivity contribution in [1.82, 2.24) is 0 Å². The highest BCUT2D eigenvalue weighted by Gasteiger charge is 2.22. The lowest BCUT2D eigenvalue weighted by Crippen LogP contribution is -2.07. The van der Waals surface area contributed by atoms with E-state index in [1.807, 2.05) is 30.3 Å². The standard InChI is InChI=1S/C20H22O2S/c1-3-10-22-12-14(2)15-8-9-18-19(11-15)23-13-16-6-4-5-7-17(16)20(18)21/h4-9,11,14H,3,10,12-13H2,1-2H3.